The minimum absolute atomic E-state index is 0.250. The number of carboxylic acids is 1. The van der Waals surface area contributed by atoms with Crippen LogP contribution in [-0.4, -0.2) is 59.1 Å². The quantitative estimate of drug-likeness (QED) is 0.344. The molecule has 0 heterocycles. The Morgan fingerprint density at radius 1 is 0.897 bits per heavy atom. The van der Waals surface area contributed by atoms with E-state index in [4.69, 9.17) is 24.3 Å². The maximum absolute atomic E-state index is 10.3. The van der Waals surface area contributed by atoms with Crippen LogP contribution >= 0.6 is 0 Å². The van der Waals surface area contributed by atoms with Crippen LogP contribution in [0.4, 0.5) is 0 Å². The van der Waals surface area contributed by atoms with Gasteiger partial charge in [0.1, 0.15) is 0 Å². The minimum atomic E-state index is -3.66. The Morgan fingerprint density at radius 3 is 1.48 bits per heavy atom. The van der Waals surface area contributed by atoms with Crippen molar-refractivity contribution < 1.29 is 55.4 Å². The van der Waals surface area contributed by atoms with Gasteiger partial charge in [-0.05, 0) is 6.92 Å². The number of carboxylic acid groups (broad SMARTS) is 1. The fourth-order valence-corrected chi connectivity index (χ4v) is 0.668. The lowest BCUT2D eigenvalue weighted by Gasteiger charge is -1.91. The van der Waals surface area contributed by atoms with Crippen molar-refractivity contribution in [3.05, 3.63) is 49.1 Å². The van der Waals surface area contributed by atoms with Gasteiger partial charge in [-0.25, -0.2) is 9.59 Å². The molecule has 0 spiro atoms. The SMILES string of the molecule is C/C=C\C=C/C(=O)OC.C=C/C=C\C(=O)O.COS(=O)(=O)OC.O=C=O.O=C=O. The van der Waals surface area contributed by atoms with Crippen LogP contribution in [0.2, 0.25) is 0 Å². The Hall–Kier alpha value is -3.47. The Bertz CT molecular complexity index is 653. The first-order valence-corrected chi connectivity index (χ1v) is 8.11. The summed E-state index contributed by atoms with van der Waals surface area (Å²) in [6.07, 6.45) is 10.9. The van der Waals surface area contributed by atoms with E-state index in [1.165, 1.54) is 25.3 Å². The molecule has 0 amide bonds. The van der Waals surface area contributed by atoms with E-state index in [2.05, 4.69) is 19.7 Å². The number of carbonyl (C=O) groups excluding carboxylic acids is 5. The number of methoxy groups -OCH3 is 1. The van der Waals surface area contributed by atoms with Crippen molar-refractivity contribution >= 4 is 34.6 Å². The zero-order chi connectivity index (χ0) is 24.1. The van der Waals surface area contributed by atoms with Crippen LogP contribution in [0, 0.1) is 0 Å². The highest BCUT2D eigenvalue weighted by molar-refractivity contribution is 7.81. The van der Waals surface area contributed by atoms with Crippen molar-refractivity contribution in [2.75, 3.05) is 21.3 Å². The lowest BCUT2D eigenvalue weighted by Crippen LogP contribution is -2.02. The predicted octanol–water partition coefficient (Wildman–Crippen LogP) is 0.462. The standard InChI is InChI=1S/C7H10O2.C5H6O2.C2H6O4S.2CO2/c1-3-4-5-6-7(8)9-2;1-2-3-4-5(6)7;1-5-7(3,4)6-2;2*2-1-3/h3-6H,1-2H3;2-4H,1H2,(H,6,7);1-2H3;;/b4-3-,6-5-;4-3-;;;. The van der Waals surface area contributed by atoms with E-state index in [0.29, 0.717) is 0 Å². The second-order valence-corrected chi connectivity index (χ2v) is 4.73. The molecule has 0 aromatic carbocycles. The average molecular weight is 438 g/mol. The van der Waals surface area contributed by atoms with E-state index in [-0.39, 0.29) is 18.3 Å². The number of carbonyl (C=O) groups is 2. The van der Waals surface area contributed by atoms with Crippen molar-refractivity contribution in [2.45, 2.75) is 6.92 Å². The third-order valence-electron chi connectivity index (χ3n) is 1.52. The second kappa shape index (κ2) is 32.2. The molecule has 0 bridgehead atoms. The largest absolute Gasteiger partial charge is 0.478 e. The predicted molar refractivity (Wildman–Crippen MR) is 95.9 cm³/mol. The monoisotopic (exact) mass is 438 g/mol. The highest BCUT2D eigenvalue weighted by Crippen LogP contribution is 1.85. The summed E-state index contributed by atoms with van der Waals surface area (Å²) < 4.78 is 31.9. The Kier molecular flexibility index (Phi) is 40.5. The van der Waals surface area contributed by atoms with Crippen LogP contribution in [0.15, 0.2) is 49.1 Å². The number of rotatable bonds is 6. The first-order valence-electron chi connectivity index (χ1n) is 6.77. The van der Waals surface area contributed by atoms with Gasteiger partial charge in [0.05, 0.1) is 21.3 Å². The van der Waals surface area contributed by atoms with E-state index >= 15 is 0 Å². The molecule has 12 nitrogen and oxygen atoms in total. The maximum atomic E-state index is 10.3. The van der Waals surface area contributed by atoms with Crippen molar-refractivity contribution in [3.8, 4) is 0 Å². The lowest BCUT2D eigenvalue weighted by atomic mass is 10.4. The maximum Gasteiger partial charge on any atom is 0.399 e. The summed E-state index contributed by atoms with van der Waals surface area (Å²) in [5.41, 5.74) is 0. The topological polar surface area (TPSA) is 184 Å². The molecule has 1 N–H and O–H groups in total. The normalized spacial score (nSPS) is 8.97. The highest BCUT2D eigenvalue weighted by atomic mass is 32.3. The van der Waals surface area contributed by atoms with Gasteiger partial charge in [-0.2, -0.15) is 27.6 Å². The molecule has 0 aliphatic rings. The zero-order valence-electron chi connectivity index (χ0n) is 16.1. The summed E-state index contributed by atoms with van der Waals surface area (Å²) in [6.45, 7) is 5.16. The molecule has 0 aromatic rings. The fraction of sp³-hybridized carbons (Fsp3) is 0.250. The van der Waals surface area contributed by atoms with Crippen LogP contribution in [0.25, 0.3) is 0 Å². The van der Waals surface area contributed by atoms with Gasteiger partial charge >= 0.3 is 34.6 Å². The second-order valence-electron chi connectivity index (χ2n) is 3.25. The molecular formula is C16H22O12S. The van der Waals surface area contributed by atoms with Crippen LogP contribution in [0.5, 0.6) is 0 Å². The van der Waals surface area contributed by atoms with Gasteiger partial charge in [0, 0.05) is 12.2 Å². The molecule has 0 unspecified atom stereocenters. The smallest absolute Gasteiger partial charge is 0.399 e. The van der Waals surface area contributed by atoms with Crippen molar-refractivity contribution in [2.24, 2.45) is 0 Å². The molecule has 164 valence electrons. The van der Waals surface area contributed by atoms with Crippen LogP contribution in [0.3, 0.4) is 0 Å². The number of aliphatic carboxylic acids is 1. The molecule has 0 aliphatic heterocycles. The molecule has 0 fully saturated rings. The summed E-state index contributed by atoms with van der Waals surface area (Å²) in [6, 6.07) is 0. The first-order chi connectivity index (χ1) is 13.5. The van der Waals surface area contributed by atoms with Crippen molar-refractivity contribution in [3.63, 3.8) is 0 Å². The van der Waals surface area contributed by atoms with E-state index in [0.717, 1.165) is 20.3 Å². The minimum Gasteiger partial charge on any atom is -0.478 e. The van der Waals surface area contributed by atoms with Crippen LogP contribution in [-0.2, 0) is 52.3 Å². The summed E-state index contributed by atoms with van der Waals surface area (Å²) in [5.74, 6) is -1.27. The summed E-state index contributed by atoms with van der Waals surface area (Å²) in [4.78, 5) is 52.5. The molecule has 0 atom stereocenters. The average Bonchev–Trinajstić information content (AvgIpc) is 2.68. The van der Waals surface area contributed by atoms with Gasteiger partial charge in [-0.15, -0.1) is 0 Å². The van der Waals surface area contributed by atoms with Gasteiger partial charge in [0.15, 0.2) is 0 Å². The summed E-state index contributed by atoms with van der Waals surface area (Å²) in [7, 11) is -0.255. The van der Waals surface area contributed by atoms with Gasteiger partial charge in [-0.1, -0.05) is 37.0 Å². The number of ether oxygens (including phenoxy) is 1. The lowest BCUT2D eigenvalue weighted by molar-refractivity contribution is -0.193. The molecule has 0 saturated heterocycles. The van der Waals surface area contributed by atoms with Crippen molar-refractivity contribution in [1.82, 2.24) is 0 Å². The van der Waals surface area contributed by atoms with E-state index in [1.807, 2.05) is 13.0 Å². The van der Waals surface area contributed by atoms with Crippen LogP contribution < -0.4 is 0 Å². The fourth-order valence-electron chi connectivity index (χ4n) is 0.532. The third kappa shape index (κ3) is 68.0. The number of hydrogen-bond acceptors (Lipinski definition) is 11. The molecule has 0 rings (SSSR count). The summed E-state index contributed by atoms with van der Waals surface area (Å²) in [5, 5.41) is 7.91. The Balaban J connectivity index is -0.0000000879. The third-order valence-corrected chi connectivity index (χ3v) is 2.34. The molecule has 0 saturated carbocycles. The molecule has 13 heteroatoms. The summed E-state index contributed by atoms with van der Waals surface area (Å²) >= 11 is 0. The highest BCUT2D eigenvalue weighted by Gasteiger charge is 2.01. The van der Waals surface area contributed by atoms with Gasteiger partial charge in [0.25, 0.3) is 0 Å². The number of allylic oxidation sites excluding steroid dienone is 5. The van der Waals surface area contributed by atoms with Gasteiger partial charge in [-0.3, -0.25) is 8.37 Å². The Morgan fingerprint density at radius 2 is 1.31 bits per heavy atom. The molecule has 0 aliphatic carbocycles. The molecule has 29 heavy (non-hydrogen) atoms. The molecule has 0 radical (unpaired) electrons. The number of esters is 1. The van der Waals surface area contributed by atoms with E-state index in [1.54, 1.807) is 12.2 Å². The van der Waals surface area contributed by atoms with E-state index < -0.39 is 16.4 Å². The zero-order valence-corrected chi connectivity index (χ0v) is 16.9. The van der Waals surface area contributed by atoms with Crippen molar-refractivity contribution in [1.29, 1.82) is 0 Å². The van der Waals surface area contributed by atoms with Gasteiger partial charge < -0.3 is 9.84 Å². The molecular weight excluding hydrogens is 416 g/mol. The first kappa shape index (κ1) is 36.4. The van der Waals surface area contributed by atoms with E-state index in [9.17, 15) is 18.0 Å². The Labute approximate surface area is 168 Å². The van der Waals surface area contributed by atoms with Crippen LogP contribution in [0.1, 0.15) is 6.92 Å². The van der Waals surface area contributed by atoms with Gasteiger partial charge in [0.2, 0.25) is 0 Å². The molecule has 0 aromatic heterocycles. The number of hydrogen-bond donors (Lipinski definition) is 1.